The van der Waals surface area contributed by atoms with Crippen LogP contribution in [0.4, 0.5) is 0 Å². The highest BCUT2D eigenvalue weighted by atomic mass is 16.6. The van der Waals surface area contributed by atoms with Gasteiger partial charge in [0.15, 0.2) is 12.4 Å². The molecule has 0 aliphatic rings. The number of aryl methyl sites for hydroxylation is 2. The standard InChI is InChI=1S/C13H17N3O3/c1-4-5-11-14-12(19-15-11)8-18-13(17)10-7-6-9(2)16(10)3/h6-7H,4-5,8H2,1-3H3. The molecule has 2 aromatic heterocycles. The Morgan fingerprint density at radius 3 is 2.89 bits per heavy atom. The maximum Gasteiger partial charge on any atom is 0.355 e. The largest absolute Gasteiger partial charge is 0.451 e. The predicted molar refractivity (Wildman–Crippen MR) is 67.6 cm³/mol. The second-order valence-corrected chi connectivity index (χ2v) is 4.35. The Kier molecular flexibility index (Phi) is 3.99. The molecule has 19 heavy (non-hydrogen) atoms. The lowest BCUT2D eigenvalue weighted by molar-refractivity contribution is 0.0418. The van der Waals surface area contributed by atoms with Crippen LogP contribution in [0.15, 0.2) is 16.7 Å². The molecule has 0 saturated carbocycles. The number of esters is 1. The smallest absolute Gasteiger partial charge is 0.355 e. The third kappa shape index (κ3) is 3.01. The molecule has 0 N–H and O–H groups in total. The Morgan fingerprint density at radius 1 is 1.47 bits per heavy atom. The summed E-state index contributed by atoms with van der Waals surface area (Å²) in [6.45, 7) is 3.96. The van der Waals surface area contributed by atoms with Crippen molar-refractivity contribution in [3.05, 3.63) is 35.2 Å². The van der Waals surface area contributed by atoms with Gasteiger partial charge in [-0.2, -0.15) is 4.98 Å². The molecule has 102 valence electrons. The van der Waals surface area contributed by atoms with Crippen molar-refractivity contribution in [2.24, 2.45) is 7.05 Å². The number of hydrogen-bond acceptors (Lipinski definition) is 5. The molecule has 2 rings (SSSR count). The monoisotopic (exact) mass is 263 g/mol. The minimum Gasteiger partial charge on any atom is -0.451 e. The summed E-state index contributed by atoms with van der Waals surface area (Å²) in [6.07, 6.45) is 1.70. The maximum absolute atomic E-state index is 11.9. The molecule has 0 atom stereocenters. The van der Waals surface area contributed by atoms with Crippen molar-refractivity contribution in [1.29, 1.82) is 0 Å². The van der Waals surface area contributed by atoms with Gasteiger partial charge in [0.1, 0.15) is 5.69 Å². The summed E-state index contributed by atoms with van der Waals surface area (Å²) < 4.78 is 11.9. The van der Waals surface area contributed by atoms with Crippen LogP contribution < -0.4 is 0 Å². The highest BCUT2D eigenvalue weighted by Gasteiger charge is 2.14. The third-order valence-corrected chi connectivity index (χ3v) is 2.89. The van der Waals surface area contributed by atoms with E-state index in [0.29, 0.717) is 17.4 Å². The summed E-state index contributed by atoms with van der Waals surface area (Å²) in [5.74, 6) is 0.567. The first kappa shape index (κ1) is 13.3. The molecule has 0 spiro atoms. The van der Waals surface area contributed by atoms with Gasteiger partial charge in [-0.3, -0.25) is 0 Å². The zero-order valence-corrected chi connectivity index (χ0v) is 11.3. The Hall–Kier alpha value is -2.11. The summed E-state index contributed by atoms with van der Waals surface area (Å²) in [4.78, 5) is 16.0. The van der Waals surface area contributed by atoms with E-state index in [1.54, 1.807) is 10.6 Å². The molecule has 0 aromatic carbocycles. The molecule has 0 bridgehead atoms. The predicted octanol–water partition coefficient (Wildman–Crippen LogP) is 2.03. The third-order valence-electron chi connectivity index (χ3n) is 2.89. The van der Waals surface area contributed by atoms with E-state index in [1.165, 1.54) is 0 Å². The molecule has 0 aliphatic heterocycles. The van der Waals surface area contributed by atoms with E-state index in [9.17, 15) is 4.79 Å². The van der Waals surface area contributed by atoms with E-state index in [-0.39, 0.29) is 6.61 Å². The van der Waals surface area contributed by atoms with Crippen LogP contribution in [0.3, 0.4) is 0 Å². The number of carbonyl (C=O) groups excluding carboxylic acids is 1. The van der Waals surface area contributed by atoms with Crippen molar-refractivity contribution in [2.75, 3.05) is 0 Å². The van der Waals surface area contributed by atoms with Gasteiger partial charge in [-0.25, -0.2) is 4.79 Å². The molecule has 6 nitrogen and oxygen atoms in total. The van der Waals surface area contributed by atoms with E-state index in [2.05, 4.69) is 10.1 Å². The van der Waals surface area contributed by atoms with Crippen LogP contribution in [0.1, 0.15) is 41.2 Å². The van der Waals surface area contributed by atoms with Crippen molar-refractivity contribution in [1.82, 2.24) is 14.7 Å². The van der Waals surface area contributed by atoms with Crippen LogP contribution in [-0.4, -0.2) is 20.7 Å². The van der Waals surface area contributed by atoms with Gasteiger partial charge in [0.2, 0.25) is 0 Å². The first-order valence-electron chi connectivity index (χ1n) is 6.22. The molecule has 0 aliphatic carbocycles. The van der Waals surface area contributed by atoms with Crippen molar-refractivity contribution in [2.45, 2.75) is 33.3 Å². The van der Waals surface area contributed by atoms with Crippen LogP contribution in [0.5, 0.6) is 0 Å². The number of ether oxygens (including phenoxy) is 1. The van der Waals surface area contributed by atoms with Gasteiger partial charge < -0.3 is 13.8 Å². The Bertz CT molecular complexity index is 571. The van der Waals surface area contributed by atoms with Gasteiger partial charge in [-0.05, 0) is 25.5 Å². The fourth-order valence-corrected chi connectivity index (χ4v) is 1.69. The molecule has 2 aromatic rings. The van der Waals surface area contributed by atoms with Crippen molar-refractivity contribution >= 4 is 5.97 Å². The molecule has 0 radical (unpaired) electrons. The number of hydrogen-bond donors (Lipinski definition) is 0. The highest BCUT2D eigenvalue weighted by molar-refractivity contribution is 5.87. The van der Waals surface area contributed by atoms with Crippen LogP contribution in [0.25, 0.3) is 0 Å². The first-order chi connectivity index (χ1) is 9.11. The number of aromatic nitrogens is 3. The average Bonchev–Trinajstić information content (AvgIpc) is 2.96. The van der Waals surface area contributed by atoms with Crippen LogP contribution in [0, 0.1) is 6.92 Å². The molecule has 6 heteroatoms. The normalized spacial score (nSPS) is 10.7. The minimum absolute atomic E-state index is 0.000223. The zero-order chi connectivity index (χ0) is 13.8. The van der Waals surface area contributed by atoms with E-state index in [0.717, 1.165) is 18.5 Å². The highest BCUT2D eigenvalue weighted by Crippen LogP contribution is 2.09. The zero-order valence-electron chi connectivity index (χ0n) is 11.3. The lowest BCUT2D eigenvalue weighted by Crippen LogP contribution is -2.10. The molecule has 0 saturated heterocycles. The molecular formula is C13H17N3O3. The summed E-state index contributed by atoms with van der Waals surface area (Å²) in [5, 5.41) is 3.80. The number of rotatable bonds is 5. The van der Waals surface area contributed by atoms with Gasteiger partial charge in [0.25, 0.3) is 5.89 Å². The van der Waals surface area contributed by atoms with Gasteiger partial charge in [0.05, 0.1) is 0 Å². The lowest BCUT2D eigenvalue weighted by Gasteiger charge is -2.04. The second-order valence-electron chi connectivity index (χ2n) is 4.35. The lowest BCUT2D eigenvalue weighted by atomic mass is 10.3. The van der Waals surface area contributed by atoms with Crippen molar-refractivity contribution < 1.29 is 14.1 Å². The van der Waals surface area contributed by atoms with Crippen LogP contribution in [-0.2, 0) is 24.8 Å². The molecular weight excluding hydrogens is 246 g/mol. The molecule has 0 amide bonds. The minimum atomic E-state index is -0.397. The van der Waals surface area contributed by atoms with Crippen molar-refractivity contribution in [3.63, 3.8) is 0 Å². The van der Waals surface area contributed by atoms with Gasteiger partial charge in [-0.1, -0.05) is 12.1 Å². The Balaban J connectivity index is 1.94. The fraction of sp³-hybridized carbons (Fsp3) is 0.462. The summed E-state index contributed by atoms with van der Waals surface area (Å²) in [6, 6.07) is 3.59. The molecule has 0 fully saturated rings. The first-order valence-corrected chi connectivity index (χ1v) is 6.22. The van der Waals surface area contributed by atoms with E-state index < -0.39 is 5.97 Å². The fourth-order valence-electron chi connectivity index (χ4n) is 1.69. The number of carbonyl (C=O) groups is 1. The molecule has 0 unspecified atom stereocenters. The number of nitrogens with zero attached hydrogens (tertiary/aromatic N) is 3. The van der Waals surface area contributed by atoms with E-state index >= 15 is 0 Å². The maximum atomic E-state index is 11.9. The quantitative estimate of drug-likeness (QED) is 0.772. The summed E-state index contributed by atoms with van der Waals surface area (Å²) >= 11 is 0. The molecule has 2 heterocycles. The van der Waals surface area contributed by atoms with Crippen molar-refractivity contribution in [3.8, 4) is 0 Å². The summed E-state index contributed by atoms with van der Waals surface area (Å²) in [5.41, 5.74) is 1.50. The Morgan fingerprint density at radius 2 is 2.26 bits per heavy atom. The SMILES string of the molecule is CCCc1noc(COC(=O)c2ccc(C)n2C)n1. The van der Waals surface area contributed by atoms with Crippen LogP contribution >= 0.6 is 0 Å². The Labute approximate surface area is 111 Å². The van der Waals surface area contributed by atoms with E-state index in [1.807, 2.05) is 27.0 Å². The van der Waals surface area contributed by atoms with Gasteiger partial charge >= 0.3 is 5.97 Å². The van der Waals surface area contributed by atoms with Gasteiger partial charge in [0, 0.05) is 19.2 Å². The average molecular weight is 263 g/mol. The topological polar surface area (TPSA) is 70.2 Å². The van der Waals surface area contributed by atoms with E-state index in [4.69, 9.17) is 9.26 Å². The van der Waals surface area contributed by atoms with Gasteiger partial charge in [-0.15, -0.1) is 0 Å². The van der Waals surface area contributed by atoms with Crippen LogP contribution in [0.2, 0.25) is 0 Å². The second kappa shape index (κ2) is 5.69. The summed E-state index contributed by atoms with van der Waals surface area (Å²) in [7, 11) is 1.82.